The van der Waals surface area contributed by atoms with E-state index in [1.54, 1.807) is 24.3 Å². The number of guanidine groups is 1. The third-order valence-electron chi connectivity index (χ3n) is 2.33. The first kappa shape index (κ1) is 13.3. The molecule has 0 saturated heterocycles. The predicted octanol–water partition coefficient (Wildman–Crippen LogP) is 1.46. The van der Waals surface area contributed by atoms with E-state index in [1.807, 2.05) is 0 Å². The molecule has 20 heavy (non-hydrogen) atoms. The van der Waals surface area contributed by atoms with Crippen molar-refractivity contribution in [3.63, 3.8) is 0 Å². The lowest BCUT2D eigenvalue weighted by molar-refractivity contribution is -0.384. The molecule has 0 atom stereocenters. The number of nitro benzene ring substituents is 1. The van der Waals surface area contributed by atoms with E-state index in [1.165, 1.54) is 18.3 Å². The molecular formula is C12H11N5O3. The minimum absolute atomic E-state index is 0.00498. The minimum Gasteiger partial charge on any atom is -0.455 e. The Morgan fingerprint density at radius 2 is 2.10 bits per heavy atom. The smallest absolute Gasteiger partial charge is 0.270 e. The second kappa shape index (κ2) is 5.65. The number of furan rings is 1. The zero-order chi connectivity index (χ0) is 14.5. The Morgan fingerprint density at radius 1 is 1.30 bits per heavy atom. The highest BCUT2D eigenvalue weighted by Crippen LogP contribution is 2.25. The average Bonchev–Trinajstić information content (AvgIpc) is 2.87. The molecule has 0 aliphatic carbocycles. The molecule has 0 bridgehead atoms. The Bertz CT molecular complexity index is 686. The second-order valence-corrected chi connectivity index (χ2v) is 3.78. The van der Waals surface area contributed by atoms with Gasteiger partial charge in [0.2, 0.25) is 5.96 Å². The summed E-state index contributed by atoms with van der Waals surface area (Å²) in [5, 5.41) is 17.7. The van der Waals surface area contributed by atoms with E-state index in [0.717, 1.165) is 0 Å². The van der Waals surface area contributed by atoms with Crippen molar-refractivity contribution in [1.29, 1.82) is 0 Å². The predicted molar refractivity (Wildman–Crippen MR) is 74.2 cm³/mol. The SMILES string of the molecule is NC(N)=N/N=C\c1ccc(-c2cccc([N+](=O)[O-])c2)o1. The van der Waals surface area contributed by atoms with E-state index in [4.69, 9.17) is 15.9 Å². The van der Waals surface area contributed by atoms with Crippen molar-refractivity contribution >= 4 is 17.9 Å². The number of rotatable bonds is 4. The van der Waals surface area contributed by atoms with Crippen molar-refractivity contribution in [3.05, 3.63) is 52.3 Å². The van der Waals surface area contributed by atoms with E-state index in [-0.39, 0.29) is 11.6 Å². The first-order valence-electron chi connectivity index (χ1n) is 5.53. The molecule has 102 valence electrons. The fourth-order valence-corrected chi connectivity index (χ4v) is 1.50. The second-order valence-electron chi connectivity index (χ2n) is 3.78. The van der Waals surface area contributed by atoms with Crippen molar-refractivity contribution in [3.8, 4) is 11.3 Å². The lowest BCUT2D eigenvalue weighted by Crippen LogP contribution is -2.21. The fraction of sp³-hybridized carbons (Fsp3) is 0. The lowest BCUT2D eigenvalue weighted by Gasteiger charge is -1.96. The first-order valence-corrected chi connectivity index (χ1v) is 5.53. The molecule has 8 nitrogen and oxygen atoms in total. The van der Waals surface area contributed by atoms with Gasteiger partial charge in [0.05, 0.1) is 11.1 Å². The molecule has 0 fully saturated rings. The number of nitro groups is 1. The maximum absolute atomic E-state index is 10.7. The largest absolute Gasteiger partial charge is 0.455 e. The van der Waals surface area contributed by atoms with Crippen LogP contribution in [0.1, 0.15) is 5.76 Å². The van der Waals surface area contributed by atoms with E-state index in [2.05, 4.69) is 10.2 Å². The van der Waals surface area contributed by atoms with Crippen LogP contribution in [0.4, 0.5) is 5.69 Å². The molecule has 8 heteroatoms. The van der Waals surface area contributed by atoms with Crippen LogP contribution in [0, 0.1) is 10.1 Å². The number of nitrogens with two attached hydrogens (primary N) is 2. The third kappa shape index (κ3) is 3.19. The molecular weight excluding hydrogens is 262 g/mol. The Hall–Kier alpha value is -3.16. The van der Waals surface area contributed by atoms with Crippen LogP contribution < -0.4 is 11.5 Å². The van der Waals surface area contributed by atoms with Crippen LogP contribution in [-0.4, -0.2) is 17.1 Å². The van der Waals surface area contributed by atoms with Gasteiger partial charge in [0.15, 0.2) is 0 Å². The van der Waals surface area contributed by atoms with Gasteiger partial charge in [0, 0.05) is 17.7 Å². The Morgan fingerprint density at radius 3 is 2.80 bits per heavy atom. The highest BCUT2D eigenvalue weighted by Gasteiger charge is 2.09. The van der Waals surface area contributed by atoms with Gasteiger partial charge in [-0.1, -0.05) is 12.1 Å². The van der Waals surface area contributed by atoms with Gasteiger partial charge >= 0.3 is 0 Å². The highest BCUT2D eigenvalue weighted by molar-refractivity contribution is 5.80. The van der Waals surface area contributed by atoms with Crippen molar-refractivity contribution < 1.29 is 9.34 Å². The molecule has 2 aromatic rings. The Kier molecular flexibility index (Phi) is 3.75. The zero-order valence-corrected chi connectivity index (χ0v) is 10.3. The van der Waals surface area contributed by atoms with E-state index in [9.17, 15) is 10.1 Å². The van der Waals surface area contributed by atoms with Crippen molar-refractivity contribution in [2.24, 2.45) is 21.7 Å². The minimum atomic E-state index is -0.465. The van der Waals surface area contributed by atoms with Crippen LogP contribution in [0.3, 0.4) is 0 Å². The fourth-order valence-electron chi connectivity index (χ4n) is 1.50. The van der Waals surface area contributed by atoms with Crippen molar-refractivity contribution in [2.45, 2.75) is 0 Å². The summed E-state index contributed by atoms with van der Waals surface area (Å²) in [6.07, 6.45) is 1.33. The van der Waals surface area contributed by atoms with Gasteiger partial charge < -0.3 is 15.9 Å². The lowest BCUT2D eigenvalue weighted by atomic mass is 10.1. The average molecular weight is 273 g/mol. The maximum atomic E-state index is 10.7. The molecule has 0 aliphatic rings. The number of nitrogens with zero attached hydrogens (tertiary/aromatic N) is 3. The molecule has 0 aliphatic heterocycles. The zero-order valence-electron chi connectivity index (χ0n) is 10.3. The number of hydrogen-bond donors (Lipinski definition) is 2. The Labute approximate surface area is 113 Å². The van der Waals surface area contributed by atoms with E-state index < -0.39 is 4.92 Å². The van der Waals surface area contributed by atoms with Crippen LogP contribution in [0.15, 0.2) is 51.0 Å². The molecule has 0 unspecified atom stereocenters. The van der Waals surface area contributed by atoms with Gasteiger partial charge in [0.25, 0.3) is 5.69 Å². The van der Waals surface area contributed by atoms with Crippen molar-refractivity contribution in [2.75, 3.05) is 0 Å². The number of hydrogen-bond acceptors (Lipinski definition) is 5. The van der Waals surface area contributed by atoms with E-state index in [0.29, 0.717) is 17.1 Å². The third-order valence-corrected chi connectivity index (χ3v) is 2.33. The first-order chi connectivity index (χ1) is 9.56. The number of non-ortho nitro benzene ring substituents is 1. The summed E-state index contributed by atoms with van der Waals surface area (Å²) >= 11 is 0. The summed E-state index contributed by atoms with van der Waals surface area (Å²) in [7, 11) is 0. The van der Waals surface area contributed by atoms with Gasteiger partial charge in [-0.25, -0.2) is 0 Å². The normalized spacial score (nSPS) is 10.6. The summed E-state index contributed by atoms with van der Waals surface area (Å²) in [6.45, 7) is 0. The topological polar surface area (TPSA) is 133 Å². The summed E-state index contributed by atoms with van der Waals surface area (Å²) in [4.78, 5) is 10.2. The van der Waals surface area contributed by atoms with Gasteiger partial charge in [-0.3, -0.25) is 10.1 Å². The van der Waals surface area contributed by atoms with Crippen LogP contribution in [0.5, 0.6) is 0 Å². The summed E-state index contributed by atoms with van der Waals surface area (Å²) < 4.78 is 5.46. The summed E-state index contributed by atoms with van der Waals surface area (Å²) in [5.41, 5.74) is 10.8. The van der Waals surface area contributed by atoms with Gasteiger partial charge in [-0.15, -0.1) is 5.10 Å². The molecule has 0 amide bonds. The molecule has 1 heterocycles. The standard InChI is InChI=1S/C12H11N5O3/c13-12(14)16-15-7-10-4-5-11(20-10)8-2-1-3-9(6-8)17(18)19/h1-7H,(H4,13,14,16)/b15-7-. The van der Waals surface area contributed by atoms with Crippen LogP contribution >= 0.6 is 0 Å². The quantitative estimate of drug-likeness (QED) is 0.376. The summed E-state index contributed by atoms with van der Waals surface area (Å²) in [5.74, 6) is 0.753. The highest BCUT2D eigenvalue weighted by atomic mass is 16.6. The number of benzene rings is 1. The van der Waals surface area contributed by atoms with Gasteiger partial charge in [0.1, 0.15) is 11.5 Å². The molecule has 1 aromatic heterocycles. The molecule has 4 N–H and O–H groups in total. The van der Waals surface area contributed by atoms with Crippen LogP contribution in [0.2, 0.25) is 0 Å². The van der Waals surface area contributed by atoms with Gasteiger partial charge in [-0.2, -0.15) is 5.10 Å². The Balaban J connectivity index is 2.24. The maximum Gasteiger partial charge on any atom is 0.270 e. The molecule has 0 spiro atoms. The van der Waals surface area contributed by atoms with Crippen molar-refractivity contribution in [1.82, 2.24) is 0 Å². The molecule has 2 rings (SSSR count). The molecule has 1 aromatic carbocycles. The molecule has 0 radical (unpaired) electrons. The van der Waals surface area contributed by atoms with Crippen LogP contribution in [0.25, 0.3) is 11.3 Å². The van der Waals surface area contributed by atoms with E-state index >= 15 is 0 Å². The monoisotopic (exact) mass is 273 g/mol. The van der Waals surface area contributed by atoms with Crippen LogP contribution in [-0.2, 0) is 0 Å². The van der Waals surface area contributed by atoms with Gasteiger partial charge in [-0.05, 0) is 12.1 Å². The summed E-state index contributed by atoms with van der Waals surface area (Å²) in [6, 6.07) is 9.46. The molecule has 0 saturated carbocycles.